The molecule has 0 radical (unpaired) electrons. The Bertz CT molecular complexity index is 1480. The second-order valence-electron chi connectivity index (χ2n) is 10.6. The van der Waals surface area contributed by atoms with Crippen molar-refractivity contribution >= 4 is 32.5 Å². The van der Waals surface area contributed by atoms with Crippen molar-refractivity contribution in [3.05, 3.63) is 60.4 Å². The fourth-order valence-electron chi connectivity index (χ4n) is 6.41. The molecule has 8 nitrogen and oxygen atoms in total. The number of likely N-dealkylation sites (tertiary alicyclic amines) is 1. The first-order chi connectivity index (χ1) is 18.6. The highest BCUT2D eigenvalue weighted by molar-refractivity contribution is 7.73. The third-order valence-electron chi connectivity index (χ3n) is 8.25. The van der Waals surface area contributed by atoms with Gasteiger partial charge in [0.1, 0.15) is 22.6 Å². The molecule has 1 aromatic carbocycles. The highest BCUT2D eigenvalue weighted by atomic mass is 32.2. The van der Waals surface area contributed by atoms with Gasteiger partial charge in [0.2, 0.25) is 0 Å². The maximum absolute atomic E-state index is 13.2. The quantitative estimate of drug-likeness (QED) is 0.331. The maximum atomic E-state index is 13.2. The zero-order valence-electron chi connectivity index (χ0n) is 21.1. The largest absolute Gasteiger partial charge is 0.493 e. The molecule has 0 spiro atoms. The number of fused-ring (bicyclic) bond motifs is 3. The van der Waals surface area contributed by atoms with E-state index in [1.807, 2.05) is 18.5 Å². The first-order valence-corrected chi connectivity index (χ1v) is 14.6. The topological polar surface area (TPSA) is 101 Å². The van der Waals surface area contributed by atoms with E-state index in [0.29, 0.717) is 18.9 Å². The van der Waals surface area contributed by atoms with Crippen LogP contribution in [0.5, 0.6) is 5.75 Å². The van der Waals surface area contributed by atoms with Gasteiger partial charge in [0.05, 0.1) is 18.5 Å². The Hall–Kier alpha value is -3.11. The molecule has 1 aliphatic carbocycles. The van der Waals surface area contributed by atoms with Crippen LogP contribution >= 0.6 is 0 Å². The monoisotopic (exact) mass is 537 g/mol. The molecule has 0 amide bonds. The predicted molar refractivity (Wildman–Crippen MR) is 144 cm³/mol. The number of aromatic amines is 1. The van der Waals surface area contributed by atoms with Crippen LogP contribution in [-0.2, 0) is 10.7 Å². The van der Waals surface area contributed by atoms with Gasteiger partial charge in [0.15, 0.2) is 10.7 Å². The van der Waals surface area contributed by atoms with Gasteiger partial charge in [0, 0.05) is 46.9 Å². The minimum atomic E-state index is -2.60. The lowest BCUT2D eigenvalue weighted by Gasteiger charge is -2.41. The van der Waals surface area contributed by atoms with Gasteiger partial charge in [0.25, 0.3) is 0 Å². The number of H-pyrrole nitrogens is 1. The van der Waals surface area contributed by atoms with Gasteiger partial charge < -0.3 is 9.72 Å². The third-order valence-corrected chi connectivity index (χ3v) is 9.43. The Morgan fingerprint density at radius 2 is 1.89 bits per heavy atom. The van der Waals surface area contributed by atoms with E-state index in [1.54, 1.807) is 18.3 Å². The van der Waals surface area contributed by atoms with Crippen molar-refractivity contribution in [3.63, 3.8) is 0 Å². The molecule has 0 bridgehead atoms. The molecule has 200 valence electrons. The van der Waals surface area contributed by atoms with E-state index in [0.717, 1.165) is 72.6 Å². The van der Waals surface area contributed by atoms with Crippen molar-refractivity contribution < 1.29 is 17.5 Å². The van der Waals surface area contributed by atoms with Crippen LogP contribution in [0.2, 0.25) is 0 Å². The van der Waals surface area contributed by atoms with Gasteiger partial charge in [-0.1, -0.05) is 0 Å². The fraction of sp³-hybridized carbons (Fsp3) is 0.464. The Morgan fingerprint density at radius 1 is 1.08 bits per heavy atom. The number of pyridine rings is 1. The standard InChI is InChI=1S/C28H32FN5O3S/c29-22-7-9-23(10-8-22)37-17-18-2-1-13-34(16-18)28(38(35)36)20-5-3-19(4-6-20)26-25-21(15-32-33-26)14-31-27-24(25)11-12-30-27/h7-12,14-15,18-20,28,38H,1-6,13,16-17H2,(H,30,31). The SMILES string of the molecule is O=[SH](=O)C(C1CCC(c2nncc3cnc4[nH]ccc4c23)CC1)N1CCCC(COc2ccc(F)cc2)C1. The van der Waals surface area contributed by atoms with Crippen LogP contribution in [0.3, 0.4) is 0 Å². The molecule has 38 heavy (non-hydrogen) atoms. The van der Waals surface area contributed by atoms with E-state index in [2.05, 4.69) is 25.1 Å². The summed E-state index contributed by atoms with van der Waals surface area (Å²) in [5.74, 6) is 0.927. The number of hydrogen-bond acceptors (Lipinski definition) is 7. The molecular formula is C28H32FN5O3S. The highest BCUT2D eigenvalue weighted by Crippen LogP contribution is 2.41. The lowest BCUT2D eigenvalue weighted by molar-refractivity contribution is 0.0897. The van der Waals surface area contributed by atoms with Crippen molar-refractivity contribution in [2.24, 2.45) is 11.8 Å². The number of halogens is 1. The molecule has 4 heterocycles. The Kier molecular flexibility index (Phi) is 7.25. The van der Waals surface area contributed by atoms with E-state index in [4.69, 9.17) is 4.74 Å². The molecular weight excluding hydrogens is 505 g/mol. The van der Waals surface area contributed by atoms with Crippen molar-refractivity contribution in [1.29, 1.82) is 0 Å². The lowest BCUT2D eigenvalue weighted by Crippen LogP contribution is -2.48. The van der Waals surface area contributed by atoms with Crippen LogP contribution in [0.25, 0.3) is 21.8 Å². The summed E-state index contributed by atoms with van der Waals surface area (Å²) in [5, 5.41) is 11.5. The van der Waals surface area contributed by atoms with E-state index in [1.165, 1.54) is 12.1 Å². The van der Waals surface area contributed by atoms with Crippen molar-refractivity contribution in [2.75, 3.05) is 19.7 Å². The summed E-state index contributed by atoms with van der Waals surface area (Å²) in [5.41, 5.74) is 1.83. The van der Waals surface area contributed by atoms with E-state index >= 15 is 0 Å². The molecule has 1 aliphatic heterocycles. The number of nitrogens with zero attached hydrogens (tertiary/aromatic N) is 4. The second kappa shape index (κ2) is 10.9. The molecule has 4 aromatic rings. The molecule has 2 atom stereocenters. The normalized spacial score (nSPS) is 23.7. The maximum Gasteiger partial charge on any atom is 0.156 e. The zero-order valence-corrected chi connectivity index (χ0v) is 22.0. The molecule has 1 N–H and O–H groups in total. The third kappa shape index (κ3) is 5.11. The van der Waals surface area contributed by atoms with Crippen molar-refractivity contribution in [1.82, 2.24) is 25.1 Å². The minimum Gasteiger partial charge on any atom is -0.493 e. The molecule has 1 saturated heterocycles. The van der Waals surface area contributed by atoms with Crippen LogP contribution < -0.4 is 4.74 Å². The zero-order chi connectivity index (χ0) is 26.1. The molecule has 2 aliphatic rings. The van der Waals surface area contributed by atoms with Gasteiger partial charge in [-0.25, -0.2) is 17.8 Å². The van der Waals surface area contributed by atoms with Crippen LogP contribution in [0, 0.1) is 17.7 Å². The number of rotatable bonds is 7. The average molecular weight is 538 g/mol. The lowest BCUT2D eigenvalue weighted by atomic mass is 9.78. The number of ether oxygens (including phenoxy) is 1. The van der Waals surface area contributed by atoms with Gasteiger partial charge in [-0.3, -0.25) is 4.90 Å². The summed E-state index contributed by atoms with van der Waals surface area (Å²) in [4.78, 5) is 9.82. The van der Waals surface area contributed by atoms with Gasteiger partial charge in [-0.2, -0.15) is 10.2 Å². The number of nitrogens with one attached hydrogen (secondary N) is 1. The Balaban J connectivity index is 1.13. The fourth-order valence-corrected chi connectivity index (χ4v) is 7.53. The highest BCUT2D eigenvalue weighted by Gasteiger charge is 2.37. The number of aromatic nitrogens is 4. The van der Waals surface area contributed by atoms with Crippen molar-refractivity contribution in [2.45, 2.75) is 49.8 Å². The van der Waals surface area contributed by atoms with Crippen LogP contribution in [-0.4, -0.2) is 58.6 Å². The first-order valence-electron chi connectivity index (χ1n) is 13.4. The summed E-state index contributed by atoms with van der Waals surface area (Å²) >= 11 is 0. The smallest absolute Gasteiger partial charge is 0.156 e. The second-order valence-corrected chi connectivity index (χ2v) is 11.7. The summed E-state index contributed by atoms with van der Waals surface area (Å²) in [6.45, 7) is 1.98. The van der Waals surface area contributed by atoms with Gasteiger partial charge >= 0.3 is 0 Å². The van der Waals surface area contributed by atoms with Crippen LogP contribution in [0.15, 0.2) is 48.9 Å². The van der Waals surface area contributed by atoms with Crippen molar-refractivity contribution in [3.8, 4) is 5.75 Å². The first kappa shape index (κ1) is 25.2. The number of thiol groups is 1. The molecule has 1 saturated carbocycles. The van der Waals surface area contributed by atoms with E-state index in [9.17, 15) is 12.8 Å². The molecule has 6 rings (SSSR count). The summed E-state index contributed by atoms with van der Waals surface area (Å²) < 4.78 is 44.2. The van der Waals surface area contributed by atoms with Crippen LogP contribution in [0.1, 0.15) is 50.1 Å². The molecule has 10 heteroatoms. The minimum absolute atomic E-state index is 0.0982. The molecule has 2 unspecified atom stereocenters. The number of benzene rings is 1. The van der Waals surface area contributed by atoms with Crippen LogP contribution in [0.4, 0.5) is 4.39 Å². The summed E-state index contributed by atoms with van der Waals surface area (Å²) in [7, 11) is -2.60. The van der Waals surface area contributed by atoms with E-state index in [-0.39, 0.29) is 23.6 Å². The van der Waals surface area contributed by atoms with E-state index < -0.39 is 16.1 Å². The average Bonchev–Trinajstić information content (AvgIpc) is 3.42. The molecule has 3 aromatic heterocycles. The number of piperidine rings is 1. The van der Waals surface area contributed by atoms with Gasteiger partial charge in [-0.05, 0) is 81.3 Å². The number of hydrogen-bond donors (Lipinski definition) is 2. The Morgan fingerprint density at radius 3 is 2.68 bits per heavy atom. The predicted octanol–water partition coefficient (Wildman–Crippen LogP) is 4.65. The Labute approximate surface area is 222 Å². The van der Waals surface area contributed by atoms with Gasteiger partial charge in [-0.15, -0.1) is 0 Å². The summed E-state index contributed by atoms with van der Waals surface area (Å²) in [6.07, 6.45) is 10.9. The summed E-state index contributed by atoms with van der Waals surface area (Å²) in [6, 6.07) is 8.07. The molecule has 2 fully saturated rings.